The minimum absolute atomic E-state index is 0.209. The topological polar surface area (TPSA) is 49.9 Å². The third kappa shape index (κ3) is 2.40. The van der Waals surface area contributed by atoms with E-state index in [0.29, 0.717) is 6.04 Å². The molecule has 4 nitrogen and oxygen atoms in total. The van der Waals surface area contributed by atoms with Crippen LogP contribution in [0.15, 0.2) is 12.1 Å². The number of H-pyrrole nitrogens is 1. The Morgan fingerprint density at radius 3 is 3.05 bits per heavy atom. The zero-order valence-corrected chi connectivity index (χ0v) is 14.4. The number of aryl methyl sites for hydroxylation is 1. The van der Waals surface area contributed by atoms with Crippen molar-refractivity contribution in [1.29, 1.82) is 0 Å². The van der Waals surface area contributed by atoms with E-state index >= 15 is 0 Å². The monoisotopic (exact) mass is 337 g/mol. The maximum absolute atomic E-state index is 6.35. The molecular weight excluding hydrogens is 318 g/mol. The number of nitrogens with zero attached hydrogens (tertiary/aromatic N) is 1. The van der Waals surface area contributed by atoms with E-state index in [9.17, 15) is 0 Å². The molecule has 3 atom stereocenters. The number of ether oxygens (including phenoxy) is 1. The molecule has 0 saturated carbocycles. The molecule has 0 unspecified atom stereocenters. The molecule has 0 aliphatic carbocycles. The van der Waals surface area contributed by atoms with Crippen LogP contribution in [0, 0.1) is 6.92 Å². The molecule has 0 radical (unpaired) electrons. The van der Waals surface area contributed by atoms with Gasteiger partial charge in [-0.15, -0.1) is 11.3 Å². The maximum Gasteiger partial charge on any atom is 0.106 e. The first-order valence-corrected chi connectivity index (χ1v) is 8.96. The predicted molar refractivity (Wildman–Crippen MR) is 88.6 cm³/mol. The molecule has 0 amide bonds. The highest BCUT2D eigenvalue weighted by Gasteiger charge is 2.46. The number of aromatic nitrogens is 2. The zero-order valence-electron chi connectivity index (χ0n) is 12.8. The summed E-state index contributed by atoms with van der Waals surface area (Å²) >= 11 is 7.96. The summed E-state index contributed by atoms with van der Waals surface area (Å²) in [5.41, 5.74) is 3.32. The normalized spacial score (nSPS) is 31.4. The summed E-state index contributed by atoms with van der Waals surface area (Å²) in [5, 5.41) is 11.2. The summed E-state index contributed by atoms with van der Waals surface area (Å²) in [7, 11) is 0. The van der Waals surface area contributed by atoms with Gasteiger partial charge in [-0.1, -0.05) is 11.6 Å². The largest absolute Gasteiger partial charge is 0.369 e. The summed E-state index contributed by atoms with van der Waals surface area (Å²) in [4.78, 5) is 1.33. The van der Waals surface area contributed by atoms with Crippen LogP contribution < -0.4 is 5.32 Å². The van der Waals surface area contributed by atoms with Gasteiger partial charge in [-0.05, 0) is 44.4 Å². The number of aromatic amines is 1. The van der Waals surface area contributed by atoms with Crippen molar-refractivity contribution in [2.45, 2.75) is 50.8 Å². The first kappa shape index (κ1) is 14.7. The van der Waals surface area contributed by atoms with E-state index < -0.39 is 0 Å². The van der Waals surface area contributed by atoms with Crippen molar-refractivity contribution in [2.24, 2.45) is 0 Å². The molecule has 4 heterocycles. The van der Waals surface area contributed by atoms with Crippen molar-refractivity contribution in [1.82, 2.24) is 15.5 Å². The Bertz CT molecular complexity index is 697. The maximum atomic E-state index is 6.35. The first-order chi connectivity index (χ1) is 10.6. The average molecular weight is 338 g/mol. The van der Waals surface area contributed by atoms with E-state index in [1.165, 1.54) is 10.4 Å². The molecule has 0 aromatic carbocycles. The molecule has 2 aliphatic rings. The fraction of sp³-hybridized carbons (Fsp3) is 0.562. The summed E-state index contributed by atoms with van der Waals surface area (Å²) in [5.74, 6) is 0. The summed E-state index contributed by atoms with van der Waals surface area (Å²) < 4.78 is 7.22. The van der Waals surface area contributed by atoms with Gasteiger partial charge in [0.1, 0.15) is 5.60 Å². The Labute approximate surface area is 139 Å². The van der Waals surface area contributed by atoms with Gasteiger partial charge >= 0.3 is 0 Å². The molecule has 2 aromatic rings. The van der Waals surface area contributed by atoms with Gasteiger partial charge in [-0.25, -0.2) is 0 Å². The molecule has 6 heteroatoms. The highest BCUT2D eigenvalue weighted by Crippen LogP contribution is 2.49. The van der Waals surface area contributed by atoms with Crippen molar-refractivity contribution in [3.63, 3.8) is 0 Å². The van der Waals surface area contributed by atoms with Crippen LogP contribution in [0.5, 0.6) is 0 Å². The van der Waals surface area contributed by atoms with Crippen LogP contribution in [-0.4, -0.2) is 22.8 Å². The molecular formula is C16H20ClN3OS. The second-order valence-electron chi connectivity index (χ2n) is 6.50. The highest BCUT2D eigenvalue weighted by atomic mass is 35.5. The van der Waals surface area contributed by atoms with E-state index in [1.807, 2.05) is 6.92 Å². The smallest absolute Gasteiger partial charge is 0.106 e. The van der Waals surface area contributed by atoms with Crippen LogP contribution in [0.4, 0.5) is 0 Å². The Balaban J connectivity index is 1.72. The molecule has 2 aromatic heterocycles. The van der Waals surface area contributed by atoms with Gasteiger partial charge in [-0.3, -0.25) is 5.10 Å². The lowest BCUT2D eigenvalue weighted by Crippen LogP contribution is -2.49. The number of piperidine rings is 1. The van der Waals surface area contributed by atoms with E-state index in [1.54, 1.807) is 11.3 Å². The van der Waals surface area contributed by atoms with Crippen molar-refractivity contribution in [3.05, 3.63) is 38.3 Å². The number of halogens is 1. The SMILES string of the molecule is Cc1cc([C@@H]2C[C@]3(C[C@H](C)N2)OCCc2cc(Cl)sc23)n[nH]1. The highest BCUT2D eigenvalue weighted by molar-refractivity contribution is 7.16. The Hall–Kier alpha value is -0.880. The predicted octanol–water partition coefficient (Wildman–Crippen LogP) is 3.71. The number of thiophene rings is 1. The van der Waals surface area contributed by atoms with Crippen molar-refractivity contribution in [3.8, 4) is 0 Å². The minimum Gasteiger partial charge on any atom is -0.369 e. The zero-order chi connectivity index (χ0) is 15.3. The van der Waals surface area contributed by atoms with E-state index in [0.717, 1.165) is 41.6 Å². The van der Waals surface area contributed by atoms with Crippen LogP contribution >= 0.6 is 22.9 Å². The number of hydrogen-bond donors (Lipinski definition) is 2. The van der Waals surface area contributed by atoms with Gasteiger partial charge in [0.05, 0.1) is 22.7 Å². The molecule has 118 valence electrons. The third-order valence-corrected chi connectivity index (χ3v) is 6.17. The molecule has 1 saturated heterocycles. The lowest BCUT2D eigenvalue weighted by molar-refractivity contribution is -0.0957. The third-order valence-electron chi connectivity index (χ3n) is 4.68. The summed E-state index contributed by atoms with van der Waals surface area (Å²) in [6, 6.07) is 4.82. The lowest BCUT2D eigenvalue weighted by atomic mass is 9.79. The van der Waals surface area contributed by atoms with Crippen molar-refractivity contribution < 1.29 is 4.74 Å². The summed E-state index contributed by atoms with van der Waals surface area (Å²) in [6.07, 6.45) is 2.86. The molecule has 0 bridgehead atoms. The fourth-order valence-corrected chi connectivity index (χ4v) is 5.33. The Kier molecular flexibility index (Phi) is 3.57. The van der Waals surface area contributed by atoms with E-state index in [-0.39, 0.29) is 11.6 Å². The quantitative estimate of drug-likeness (QED) is 0.834. The van der Waals surface area contributed by atoms with Crippen molar-refractivity contribution in [2.75, 3.05) is 6.61 Å². The van der Waals surface area contributed by atoms with Crippen molar-refractivity contribution >= 4 is 22.9 Å². The van der Waals surface area contributed by atoms with Crippen LogP contribution in [0.1, 0.15) is 47.6 Å². The fourth-order valence-electron chi connectivity index (χ4n) is 3.87. The van der Waals surface area contributed by atoms with Gasteiger partial charge in [0.25, 0.3) is 0 Å². The Morgan fingerprint density at radius 2 is 2.27 bits per heavy atom. The van der Waals surface area contributed by atoms with Gasteiger partial charge in [0, 0.05) is 23.0 Å². The number of nitrogens with one attached hydrogen (secondary N) is 2. The van der Waals surface area contributed by atoms with Gasteiger partial charge in [-0.2, -0.15) is 5.10 Å². The standard InChI is InChI=1S/C16H20ClN3OS/c1-9-5-12(20-19-9)13-8-16(7-10(2)18-13)15-11(3-4-21-16)6-14(17)22-15/h5-6,10,13,18H,3-4,7-8H2,1-2H3,(H,19,20)/t10-,13-,16-/m0/s1. The first-order valence-electron chi connectivity index (χ1n) is 7.76. The lowest BCUT2D eigenvalue weighted by Gasteiger charge is -2.45. The molecule has 1 fully saturated rings. The van der Waals surface area contributed by atoms with Crippen LogP contribution in [0.3, 0.4) is 0 Å². The number of fused-ring (bicyclic) bond motifs is 2. The molecule has 4 rings (SSSR count). The van der Waals surface area contributed by atoms with E-state index in [4.69, 9.17) is 16.3 Å². The second-order valence-corrected chi connectivity index (χ2v) is 8.19. The second kappa shape index (κ2) is 5.34. The van der Waals surface area contributed by atoms with Gasteiger partial charge < -0.3 is 10.1 Å². The molecule has 22 heavy (non-hydrogen) atoms. The average Bonchev–Trinajstić information content (AvgIpc) is 3.04. The van der Waals surface area contributed by atoms with E-state index in [2.05, 4.69) is 34.6 Å². The molecule has 2 aliphatic heterocycles. The Morgan fingerprint density at radius 1 is 1.41 bits per heavy atom. The van der Waals surface area contributed by atoms with Crippen LogP contribution in [0.2, 0.25) is 4.34 Å². The molecule has 1 spiro atoms. The number of rotatable bonds is 1. The van der Waals surface area contributed by atoms with Gasteiger partial charge in [0.15, 0.2) is 0 Å². The van der Waals surface area contributed by atoms with Crippen LogP contribution in [0.25, 0.3) is 0 Å². The van der Waals surface area contributed by atoms with Gasteiger partial charge in [0.2, 0.25) is 0 Å². The number of hydrogen-bond acceptors (Lipinski definition) is 4. The molecule has 2 N–H and O–H groups in total. The minimum atomic E-state index is -0.215. The summed E-state index contributed by atoms with van der Waals surface area (Å²) in [6.45, 7) is 5.03. The van der Waals surface area contributed by atoms with Crippen LogP contribution in [-0.2, 0) is 16.8 Å².